The first-order valence-corrected chi connectivity index (χ1v) is 13.1. The van der Waals surface area contributed by atoms with Crippen LogP contribution in [0, 0.1) is 11.8 Å². The van der Waals surface area contributed by atoms with E-state index in [0.29, 0.717) is 55.6 Å². The van der Waals surface area contributed by atoms with E-state index in [1.807, 2.05) is 4.90 Å². The Balaban J connectivity index is 1.29. The third-order valence-electron chi connectivity index (χ3n) is 7.79. The number of carbonyl (C=O) groups excluding carboxylic acids is 3. The number of amides is 3. The van der Waals surface area contributed by atoms with Crippen LogP contribution in [0.1, 0.15) is 68.1 Å². The molecule has 8 heteroatoms. The van der Waals surface area contributed by atoms with Gasteiger partial charge in [-0.05, 0) is 50.7 Å². The zero-order valence-corrected chi connectivity index (χ0v) is 21.1. The van der Waals surface area contributed by atoms with Crippen molar-refractivity contribution in [3.8, 4) is 11.5 Å². The standard InChI is InChI=1S/C27H39N3O5/c1-34-23-15-21(16-24(17-23)35-2)27(33)29-13-10-19(11-14-29)26(32)30-12-6-7-20(18-30)25(31)28-22-8-4-3-5-9-22/h15-17,19-20,22H,3-14,18H2,1-2H3,(H,28,31). The lowest BCUT2D eigenvalue weighted by Crippen LogP contribution is -2.50. The van der Waals surface area contributed by atoms with Crippen LogP contribution in [0.25, 0.3) is 0 Å². The van der Waals surface area contributed by atoms with E-state index in [9.17, 15) is 14.4 Å². The Bertz CT molecular complexity index is 884. The molecule has 3 amide bonds. The molecular weight excluding hydrogens is 446 g/mol. The number of likely N-dealkylation sites (tertiary alicyclic amines) is 2. The summed E-state index contributed by atoms with van der Waals surface area (Å²) in [5.74, 6) is 1.11. The van der Waals surface area contributed by atoms with Gasteiger partial charge in [0.05, 0.1) is 20.1 Å². The molecule has 1 aromatic rings. The van der Waals surface area contributed by atoms with E-state index in [1.54, 1.807) is 37.3 Å². The average Bonchev–Trinajstić information content (AvgIpc) is 2.92. The summed E-state index contributed by atoms with van der Waals surface area (Å²) in [6, 6.07) is 5.47. The number of hydrogen-bond acceptors (Lipinski definition) is 5. The predicted molar refractivity (Wildman–Crippen MR) is 132 cm³/mol. The van der Waals surface area contributed by atoms with Crippen molar-refractivity contribution in [3.63, 3.8) is 0 Å². The molecule has 192 valence electrons. The van der Waals surface area contributed by atoms with E-state index in [-0.39, 0.29) is 29.6 Å². The highest BCUT2D eigenvalue weighted by atomic mass is 16.5. The van der Waals surface area contributed by atoms with Crippen molar-refractivity contribution in [3.05, 3.63) is 23.8 Å². The molecule has 0 spiro atoms. The van der Waals surface area contributed by atoms with E-state index in [1.165, 1.54) is 19.3 Å². The molecule has 35 heavy (non-hydrogen) atoms. The monoisotopic (exact) mass is 485 g/mol. The summed E-state index contributed by atoms with van der Waals surface area (Å²) in [5.41, 5.74) is 0.522. The number of carbonyl (C=O) groups is 3. The zero-order valence-electron chi connectivity index (χ0n) is 21.1. The Morgan fingerprint density at radius 1 is 0.771 bits per heavy atom. The smallest absolute Gasteiger partial charge is 0.254 e. The highest BCUT2D eigenvalue weighted by Gasteiger charge is 2.35. The van der Waals surface area contributed by atoms with Crippen molar-refractivity contribution in [2.75, 3.05) is 40.4 Å². The highest BCUT2D eigenvalue weighted by Crippen LogP contribution is 2.28. The van der Waals surface area contributed by atoms with Crippen LogP contribution in [-0.2, 0) is 9.59 Å². The normalized spacial score (nSPS) is 21.9. The molecule has 1 aromatic carbocycles. The van der Waals surface area contributed by atoms with Crippen LogP contribution in [0.15, 0.2) is 18.2 Å². The van der Waals surface area contributed by atoms with Gasteiger partial charge in [0.1, 0.15) is 11.5 Å². The summed E-state index contributed by atoms with van der Waals surface area (Å²) in [7, 11) is 3.12. The Morgan fingerprint density at radius 2 is 1.43 bits per heavy atom. The van der Waals surface area contributed by atoms with Crippen LogP contribution < -0.4 is 14.8 Å². The van der Waals surface area contributed by atoms with Gasteiger partial charge in [-0.3, -0.25) is 14.4 Å². The highest BCUT2D eigenvalue weighted by molar-refractivity contribution is 5.95. The first-order valence-electron chi connectivity index (χ1n) is 13.1. The first kappa shape index (κ1) is 25.3. The van der Waals surface area contributed by atoms with Gasteiger partial charge >= 0.3 is 0 Å². The summed E-state index contributed by atoms with van der Waals surface area (Å²) >= 11 is 0. The number of benzene rings is 1. The molecule has 2 saturated heterocycles. The van der Waals surface area contributed by atoms with E-state index in [0.717, 1.165) is 32.2 Å². The maximum Gasteiger partial charge on any atom is 0.254 e. The minimum Gasteiger partial charge on any atom is -0.497 e. The molecule has 0 aromatic heterocycles. The molecule has 1 N–H and O–H groups in total. The second-order valence-electron chi connectivity index (χ2n) is 10.1. The van der Waals surface area contributed by atoms with E-state index < -0.39 is 0 Å². The van der Waals surface area contributed by atoms with Crippen molar-refractivity contribution in [2.45, 2.75) is 63.8 Å². The van der Waals surface area contributed by atoms with Crippen LogP contribution in [-0.4, -0.2) is 74.0 Å². The number of nitrogens with one attached hydrogen (secondary N) is 1. The number of nitrogens with zero attached hydrogens (tertiary/aromatic N) is 2. The molecule has 2 aliphatic heterocycles. The molecule has 3 aliphatic rings. The summed E-state index contributed by atoms with van der Waals surface area (Å²) in [6.07, 6.45) is 8.77. The molecule has 0 bridgehead atoms. The molecule has 3 fully saturated rings. The minimum atomic E-state index is -0.112. The van der Waals surface area contributed by atoms with Gasteiger partial charge in [-0.15, -0.1) is 0 Å². The van der Waals surface area contributed by atoms with E-state index in [2.05, 4.69) is 5.32 Å². The fourth-order valence-corrected chi connectivity index (χ4v) is 5.66. The van der Waals surface area contributed by atoms with Crippen LogP contribution in [0.2, 0.25) is 0 Å². The number of rotatable bonds is 6. The van der Waals surface area contributed by atoms with Gasteiger partial charge in [-0.1, -0.05) is 19.3 Å². The zero-order chi connectivity index (χ0) is 24.8. The summed E-state index contributed by atoms with van der Waals surface area (Å²) in [5, 5.41) is 3.24. The van der Waals surface area contributed by atoms with Gasteiger partial charge in [-0.2, -0.15) is 0 Å². The molecule has 2 heterocycles. The van der Waals surface area contributed by atoms with Crippen LogP contribution >= 0.6 is 0 Å². The van der Waals surface area contributed by atoms with E-state index >= 15 is 0 Å². The lowest BCUT2D eigenvalue weighted by atomic mass is 9.90. The van der Waals surface area contributed by atoms with Gasteiger partial charge in [0.15, 0.2) is 0 Å². The van der Waals surface area contributed by atoms with Gasteiger partial charge in [-0.25, -0.2) is 0 Å². The van der Waals surface area contributed by atoms with Crippen molar-refractivity contribution in [1.29, 1.82) is 0 Å². The fourth-order valence-electron chi connectivity index (χ4n) is 5.66. The number of methoxy groups -OCH3 is 2. The second-order valence-corrected chi connectivity index (χ2v) is 10.1. The summed E-state index contributed by atoms with van der Waals surface area (Å²) < 4.78 is 10.6. The molecule has 4 rings (SSSR count). The van der Waals surface area contributed by atoms with Gasteiger partial charge in [0.2, 0.25) is 11.8 Å². The lowest BCUT2D eigenvalue weighted by molar-refractivity contribution is -0.140. The van der Waals surface area contributed by atoms with Gasteiger partial charge in [0.25, 0.3) is 5.91 Å². The SMILES string of the molecule is COc1cc(OC)cc(C(=O)N2CCC(C(=O)N3CCCC(C(=O)NC4CCCCC4)C3)CC2)c1. The molecular formula is C27H39N3O5. The fraction of sp³-hybridized carbons (Fsp3) is 0.667. The quantitative estimate of drug-likeness (QED) is 0.668. The number of hydrogen-bond donors (Lipinski definition) is 1. The molecule has 1 unspecified atom stereocenters. The van der Waals surface area contributed by atoms with Crippen LogP contribution in [0.3, 0.4) is 0 Å². The Hall–Kier alpha value is -2.77. The van der Waals surface area contributed by atoms with Gasteiger partial charge < -0.3 is 24.6 Å². The maximum atomic E-state index is 13.3. The number of piperidine rings is 2. The van der Waals surface area contributed by atoms with Gasteiger partial charge in [0, 0.05) is 49.8 Å². The van der Waals surface area contributed by atoms with Crippen LogP contribution in [0.4, 0.5) is 0 Å². The minimum absolute atomic E-state index is 0.0782. The largest absolute Gasteiger partial charge is 0.497 e. The Kier molecular flexibility index (Phi) is 8.52. The van der Waals surface area contributed by atoms with Crippen molar-refractivity contribution >= 4 is 17.7 Å². The Morgan fingerprint density at radius 3 is 2.06 bits per heavy atom. The Labute approximate surface area is 208 Å². The molecule has 0 radical (unpaired) electrons. The van der Waals surface area contributed by atoms with Crippen LogP contribution in [0.5, 0.6) is 11.5 Å². The first-order chi connectivity index (χ1) is 17.0. The van der Waals surface area contributed by atoms with Crippen molar-refractivity contribution in [2.24, 2.45) is 11.8 Å². The maximum absolute atomic E-state index is 13.3. The summed E-state index contributed by atoms with van der Waals surface area (Å²) in [6.45, 7) is 2.30. The topological polar surface area (TPSA) is 88.2 Å². The summed E-state index contributed by atoms with van der Waals surface area (Å²) in [4.78, 5) is 42.9. The van der Waals surface area contributed by atoms with E-state index in [4.69, 9.17) is 9.47 Å². The second kappa shape index (κ2) is 11.8. The third-order valence-corrected chi connectivity index (χ3v) is 7.79. The predicted octanol–water partition coefficient (Wildman–Crippen LogP) is 3.24. The molecule has 1 saturated carbocycles. The average molecular weight is 486 g/mol. The third kappa shape index (κ3) is 6.27. The lowest BCUT2D eigenvalue weighted by Gasteiger charge is -2.38. The van der Waals surface area contributed by atoms with Crippen molar-refractivity contribution in [1.82, 2.24) is 15.1 Å². The molecule has 8 nitrogen and oxygen atoms in total. The molecule has 1 atom stereocenters. The number of ether oxygens (including phenoxy) is 2. The van der Waals surface area contributed by atoms with Crippen molar-refractivity contribution < 1.29 is 23.9 Å². The molecule has 1 aliphatic carbocycles.